The molecule has 152 valence electrons. The summed E-state index contributed by atoms with van der Waals surface area (Å²) in [7, 11) is 1.60. The van der Waals surface area contributed by atoms with Crippen LogP contribution >= 0.6 is 11.8 Å². The molecular weight excluding hydrogens is 401 g/mol. The Labute approximate surface area is 177 Å². The van der Waals surface area contributed by atoms with Crippen LogP contribution in [-0.2, 0) is 18.4 Å². The van der Waals surface area contributed by atoms with E-state index >= 15 is 4.39 Å². The minimum absolute atomic E-state index is 0.103. The van der Waals surface area contributed by atoms with Crippen LogP contribution < -0.4 is 10.5 Å². The second-order valence-electron chi connectivity index (χ2n) is 7.54. The molecule has 0 fully saturated rings. The zero-order valence-corrected chi connectivity index (χ0v) is 17.2. The predicted octanol–water partition coefficient (Wildman–Crippen LogP) is 3.36. The summed E-state index contributed by atoms with van der Waals surface area (Å²) in [5, 5.41) is 0.477. The van der Waals surface area contributed by atoms with Crippen LogP contribution in [0.2, 0.25) is 0 Å². The number of hydrogen-bond acceptors (Lipinski definition) is 7. The van der Waals surface area contributed by atoms with Gasteiger partial charge in [-0.2, -0.15) is 0 Å². The van der Waals surface area contributed by atoms with Gasteiger partial charge < -0.3 is 10.5 Å². The third kappa shape index (κ3) is 3.02. The number of nitrogens with two attached hydrogens (primary N) is 1. The van der Waals surface area contributed by atoms with E-state index in [9.17, 15) is 0 Å². The number of thioether (sulfide) groups is 1. The van der Waals surface area contributed by atoms with E-state index in [0.29, 0.717) is 23.0 Å². The number of pyridine rings is 1. The molecule has 3 aromatic rings. The first-order valence-electron chi connectivity index (χ1n) is 9.65. The third-order valence-electron chi connectivity index (χ3n) is 5.96. The number of benzene rings is 1. The van der Waals surface area contributed by atoms with Crippen LogP contribution in [0.3, 0.4) is 0 Å². The number of hydrogen-bond donors (Lipinski definition) is 1. The normalized spacial score (nSPS) is 22.6. The van der Waals surface area contributed by atoms with E-state index < -0.39 is 5.54 Å². The van der Waals surface area contributed by atoms with Crippen LogP contribution in [0, 0.1) is 11.7 Å². The van der Waals surface area contributed by atoms with Crippen molar-refractivity contribution in [3.8, 4) is 17.0 Å². The van der Waals surface area contributed by atoms with Gasteiger partial charge in [0.15, 0.2) is 5.17 Å². The molecule has 8 heteroatoms. The third-order valence-corrected chi connectivity index (χ3v) is 6.92. The summed E-state index contributed by atoms with van der Waals surface area (Å²) in [5.74, 6) is 1.14. The highest BCUT2D eigenvalue weighted by Crippen LogP contribution is 2.50. The molecule has 3 heterocycles. The van der Waals surface area contributed by atoms with Crippen molar-refractivity contribution in [2.45, 2.75) is 18.4 Å². The van der Waals surface area contributed by atoms with E-state index in [0.717, 1.165) is 28.9 Å². The Morgan fingerprint density at radius 2 is 2.03 bits per heavy atom. The van der Waals surface area contributed by atoms with Crippen molar-refractivity contribution < 1.29 is 9.13 Å². The fraction of sp³-hybridized carbons (Fsp3) is 0.273. The number of methoxy groups -OCH3 is 1. The smallest absolute Gasteiger partial charge is 0.216 e. The number of fused-ring (bicyclic) bond motifs is 2. The SMILES string of the molecule is COc1nccc2c1C[C@@]1(c3cc(-c4cncnc4)ccc3F)N=C(N)SC[C@H]1C2. The van der Waals surface area contributed by atoms with Crippen LogP contribution in [0.15, 0.2) is 54.2 Å². The lowest BCUT2D eigenvalue weighted by atomic mass is 9.67. The van der Waals surface area contributed by atoms with E-state index in [1.54, 1.807) is 31.8 Å². The van der Waals surface area contributed by atoms with Crippen LogP contribution in [-0.4, -0.2) is 33.0 Å². The molecule has 2 atom stereocenters. The molecule has 1 aliphatic heterocycles. The quantitative estimate of drug-likeness (QED) is 0.698. The van der Waals surface area contributed by atoms with Crippen molar-refractivity contribution in [1.29, 1.82) is 0 Å². The van der Waals surface area contributed by atoms with Gasteiger partial charge in [0.2, 0.25) is 5.88 Å². The van der Waals surface area contributed by atoms with E-state index in [4.69, 9.17) is 15.5 Å². The average molecular weight is 422 g/mol. The topological polar surface area (TPSA) is 86.3 Å². The second kappa shape index (κ2) is 7.36. The largest absolute Gasteiger partial charge is 0.481 e. The predicted molar refractivity (Wildman–Crippen MR) is 115 cm³/mol. The fourth-order valence-electron chi connectivity index (χ4n) is 4.52. The van der Waals surface area contributed by atoms with Gasteiger partial charge in [0.25, 0.3) is 0 Å². The summed E-state index contributed by atoms with van der Waals surface area (Å²) in [4.78, 5) is 17.4. The molecule has 1 aromatic carbocycles. The number of aromatic nitrogens is 3. The minimum Gasteiger partial charge on any atom is -0.481 e. The number of amidine groups is 1. The van der Waals surface area contributed by atoms with Crippen molar-refractivity contribution in [2.24, 2.45) is 16.6 Å². The molecule has 0 bridgehead atoms. The maximum atomic E-state index is 15.3. The van der Waals surface area contributed by atoms with Crippen molar-refractivity contribution >= 4 is 16.9 Å². The van der Waals surface area contributed by atoms with Gasteiger partial charge in [0, 0.05) is 53.4 Å². The minimum atomic E-state index is -0.811. The van der Waals surface area contributed by atoms with Gasteiger partial charge in [-0.25, -0.2) is 19.3 Å². The Morgan fingerprint density at radius 3 is 2.83 bits per heavy atom. The van der Waals surface area contributed by atoms with Gasteiger partial charge in [-0.3, -0.25) is 4.99 Å². The Bertz CT molecular complexity index is 1140. The summed E-state index contributed by atoms with van der Waals surface area (Å²) in [6, 6.07) is 7.11. The number of nitrogens with zero attached hydrogens (tertiary/aromatic N) is 4. The highest BCUT2D eigenvalue weighted by Gasteiger charge is 2.48. The lowest BCUT2D eigenvalue weighted by Gasteiger charge is -2.45. The Hall–Kier alpha value is -3.00. The van der Waals surface area contributed by atoms with Crippen molar-refractivity contribution in [2.75, 3.05) is 12.9 Å². The zero-order valence-electron chi connectivity index (χ0n) is 16.4. The Kier molecular flexibility index (Phi) is 4.66. The zero-order chi connectivity index (χ0) is 20.7. The van der Waals surface area contributed by atoms with Gasteiger partial charge in [0.1, 0.15) is 12.1 Å². The number of aliphatic imine (C=N–C) groups is 1. The molecule has 2 aromatic heterocycles. The molecule has 5 rings (SSSR count). The van der Waals surface area contributed by atoms with E-state index in [-0.39, 0.29) is 11.7 Å². The summed E-state index contributed by atoms with van der Waals surface area (Å²) in [6.07, 6.45) is 7.92. The number of rotatable bonds is 3. The molecule has 0 saturated heterocycles. The molecule has 1 aliphatic carbocycles. The van der Waals surface area contributed by atoms with Crippen LogP contribution in [0.1, 0.15) is 16.7 Å². The van der Waals surface area contributed by atoms with E-state index in [1.807, 2.05) is 12.1 Å². The monoisotopic (exact) mass is 421 g/mol. The average Bonchev–Trinajstić information content (AvgIpc) is 2.78. The Morgan fingerprint density at radius 1 is 1.20 bits per heavy atom. The summed E-state index contributed by atoms with van der Waals surface area (Å²) in [5.41, 5.74) is 9.71. The highest BCUT2D eigenvalue weighted by atomic mass is 32.2. The molecule has 0 spiro atoms. The molecule has 2 N–H and O–H groups in total. The summed E-state index contributed by atoms with van der Waals surface area (Å²) in [6.45, 7) is 0. The fourth-order valence-corrected chi connectivity index (χ4v) is 5.51. The molecular formula is C22H20FN5OS. The standard InChI is InChI=1S/C22H20FN5OS/c1-29-20-17-8-22(16(11-30-21(24)28-22)6-14(17)4-5-27-20)18-7-13(2-3-19(18)23)15-9-25-12-26-10-15/h2-5,7,9-10,12,16H,6,8,11H2,1H3,(H2,24,28)/t16-,22-/m1/s1. The van der Waals surface area contributed by atoms with Crippen LogP contribution in [0.4, 0.5) is 4.39 Å². The lowest BCUT2D eigenvalue weighted by molar-refractivity contribution is 0.262. The van der Waals surface area contributed by atoms with Gasteiger partial charge in [-0.1, -0.05) is 17.8 Å². The van der Waals surface area contributed by atoms with Crippen LogP contribution in [0.25, 0.3) is 11.1 Å². The van der Waals surface area contributed by atoms with Crippen molar-refractivity contribution in [3.63, 3.8) is 0 Å². The molecule has 0 amide bonds. The highest BCUT2D eigenvalue weighted by molar-refractivity contribution is 8.13. The molecule has 30 heavy (non-hydrogen) atoms. The van der Waals surface area contributed by atoms with E-state index in [2.05, 4.69) is 15.0 Å². The molecule has 6 nitrogen and oxygen atoms in total. The first-order chi connectivity index (χ1) is 14.6. The van der Waals surface area contributed by atoms with Crippen molar-refractivity contribution in [3.05, 3.63) is 71.7 Å². The Balaban J connectivity index is 1.71. The maximum Gasteiger partial charge on any atom is 0.216 e. The van der Waals surface area contributed by atoms with Gasteiger partial charge in [-0.15, -0.1) is 0 Å². The molecule has 0 unspecified atom stereocenters. The molecule has 0 saturated carbocycles. The van der Waals surface area contributed by atoms with Gasteiger partial charge >= 0.3 is 0 Å². The molecule has 2 aliphatic rings. The van der Waals surface area contributed by atoms with Gasteiger partial charge in [-0.05, 0) is 35.7 Å². The summed E-state index contributed by atoms with van der Waals surface area (Å²) >= 11 is 1.53. The molecule has 0 radical (unpaired) electrons. The second-order valence-corrected chi connectivity index (χ2v) is 8.58. The number of halogens is 1. The number of ether oxygens (including phenoxy) is 1. The van der Waals surface area contributed by atoms with E-state index in [1.165, 1.54) is 29.7 Å². The van der Waals surface area contributed by atoms with Crippen molar-refractivity contribution in [1.82, 2.24) is 15.0 Å². The lowest BCUT2D eigenvalue weighted by Crippen LogP contribution is -2.46. The first-order valence-corrected chi connectivity index (χ1v) is 10.6. The maximum absolute atomic E-state index is 15.3. The summed E-state index contributed by atoms with van der Waals surface area (Å²) < 4.78 is 20.8. The van der Waals surface area contributed by atoms with Gasteiger partial charge in [0.05, 0.1) is 12.6 Å². The first kappa shape index (κ1) is 19.0. The van der Waals surface area contributed by atoms with Crippen LogP contribution in [0.5, 0.6) is 5.88 Å².